The number of rotatable bonds is 3. The molecule has 5 rings (SSSR count). The minimum Gasteiger partial charge on any atom is -0.363 e. The predicted molar refractivity (Wildman–Crippen MR) is 115 cm³/mol. The fourth-order valence-electron chi connectivity index (χ4n) is 3.86. The molecule has 0 saturated heterocycles. The molecule has 0 radical (unpaired) electrons. The second kappa shape index (κ2) is 6.80. The monoisotopic (exact) mass is 408 g/mol. The molecule has 0 saturated carbocycles. The molecule has 28 heavy (non-hydrogen) atoms. The van der Waals surface area contributed by atoms with Gasteiger partial charge in [0.05, 0.1) is 17.3 Å². The number of hydrogen-bond acceptors (Lipinski definition) is 3. The highest BCUT2D eigenvalue weighted by Crippen LogP contribution is 2.39. The molecule has 0 unspecified atom stereocenters. The van der Waals surface area contributed by atoms with E-state index in [0.717, 1.165) is 47.6 Å². The van der Waals surface area contributed by atoms with Crippen LogP contribution >= 0.6 is 23.2 Å². The van der Waals surface area contributed by atoms with E-state index in [2.05, 4.69) is 39.9 Å². The Morgan fingerprint density at radius 1 is 1.00 bits per heavy atom. The van der Waals surface area contributed by atoms with Crippen molar-refractivity contribution >= 4 is 39.9 Å². The number of pyridine rings is 1. The molecule has 4 nitrogen and oxygen atoms in total. The summed E-state index contributed by atoms with van der Waals surface area (Å²) < 4.78 is 2.05. The summed E-state index contributed by atoms with van der Waals surface area (Å²) in [6.07, 6.45) is 0. The highest BCUT2D eigenvalue weighted by molar-refractivity contribution is 6.36. The smallest absolute Gasteiger partial charge is 0.120 e. The first-order valence-electron chi connectivity index (χ1n) is 9.22. The minimum atomic E-state index is 0.587. The van der Waals surface area contributed by atoms with E-state index in [1.54, 1.807) is 6.07 Å². The summed E-state index contributed by atoms with van der Waals surface area (Å²) in [6, 6.07) is 18.2. The van der Waals surface area contributed by atoms with Crippen molar-refractivity contribution in [3.63, 3.8) is 0 Å². The van der Waals surface area contributed by atoms with E-state index in [1.807, 2.05) is 25.1 Å². The molecule has 1 aliphatic rings. The third kappa shape index (κ3) is 2.93. The van der Waals surface area contributed by atoms with Crippen LogP contribution in [0.3, 0.4) is 0 Å². The molecule has 4 aromatic rings. The Bertz CT molecular complexity index is 1180. The van der Waals surface area contributed by atoms with Crippen molar-refractivity contribution in [1.82, 2.24) is 14.8 Å². The normalized spacial score (nSPS) is 13.3. The maximum Gasteiger partial charge on any atom is 0.120 e. The number of aryl methyl sites for hydroxylation is 1. The lowest BCUT2D eigenvalue weighted by Gasteiger charge is -2.30. The van der Waals surface area contributed by atoms with Crippen LogP contribution in [0.15, 0.2) is 54.6 Å². The van der Waals surface area contributed by atoms with E-state index in [0.29, 0.717) is 10.0 Å². The van der Waals surface area contributed by atoms with Crippen LogP contribution in [0.2, 0.25) is 10.0 Å². The number of aromatic nitrogens is 3. The largest absolute Gasteiger partial charge is 0.363 e. The van der Waals surface area contributed by atoms with Crippen LogP contribution < -0.4 is 4.90 Å². The van der Waals surface area contributed by atoms with E-state index in [-0.39, 0.29) is 0 Å². The second-order valence-electron chi connectivity index (χ2n) is 7.08. The zero-order valence-corrected chi connectivity index (χ0v) is 16.9. The molecule has 2 aromatic carbocycles. The van der Waals surface area contributed by atoms with Crippen molar-refractivity contribution in [2.45, 2.75) is 20.0 Å². The quantitative estimate of drug-likeness (QED) is 0.433. The van der Waals surface area contributed by atoms with Crippen LogP contribution in [0.5, 0.6) is 0 Å². The molecule has 0 atom stereocenters. The zero-order chi connectivity index (χ0) is 19.3. The fraction of sp³-hybridized carbons (Fsp3) is 0.182. The zero-order valence-electron chi connectivity index (χ0n) is 15.4. The van der Waals surface area contributed by atoms with E-state index < -0.39 is 0 Å². The van der Waals surface area contributed by atoms with E-state index >= 15 is 0 Å². The van der Waals surface area contributed by atoms with Gasteiger partial charge in [-0.15, -0.1) is 0 Å². The van der Waals surface area contributed by atoms with Crippen molar-refractivity contribution in [1.29, 1.82) is 0 Å². The van der Waals surface area contributed by atoms with Crippen LogP contribution in [0, 0.1) is 6.92 Å². The first-order valence-corrected chi connectivity index (χ1v) is 9.98. The average Bonchev–Trinajstić information content (AvgIpc) is 3.04. The van der Waals surface area contributed by atoms with Gasteiger partial charge >= 0.3 is 0 Å². The summed E-state index contributed by atoms with van der Waals surface area (Å²) in [6.45, 7) is 4.60. The summed E-state index contributed by atoms with van der Waals surface area (Å²) in [5.74, 6) is 0. The summed E-state index contributed by atoms with van der Waals surface area (Å²) in [7, 11) is 0. The van der Waals surface area contributed by atoms with Gasteiger partial charge in [-0.3, -0.25) is 4.68 Å². The second-order valence-corrected chi connectivity index (χ2v) is 7.93. The standard InChI is InChI=1S/C22H18Cl2N4/c1-14-11-19-22-21(25-14)20(17-8-7-16(23)12-18(17)24)26-28(22)10-9-27(19)13-15-5-3-2-4-6-15/h2-8,11-12H,9-10,13H2,1H3. The van der Waals surface area contributed by atoms with Crippen LogP contribution in [0.1, 0.15) is 11.3 Å². The van der Waals surface area contributed by atoms with Gasteiger partial charge in [0.15, 0.2) is 0 Å². The van der Waals surface area contributed by atoms with Gasteiger partial charge in [-0.2, -0.15) is 5.10 Å². The van der Waals surface area contributed by atoms with Crippen LogP contribution in [0.4, 0.5) is 5.69 Å². The van der Waals surface area contributed by atoms with Crippen LogP contribution in [-0.2, 0) is 13.1 Å². The fourth-order valence-corrected chi connectivity index (χ4v) is 4.35. The lowest BCUT2D eigenvalue weighted by atomic mass is 10.1. The Kier molecular flexibility index (Phi) is 4.26. The van der Waals surface area contributed by atoms with Crippen molar-refractivity contribution in [2.75, 3.05) is 11.4 Å². The Balaban J connectivity index is 1.67. The van der Waals surface area contributed by atoms with Crippen LogP contribution in [-0.4, -0.2) is 21.3 Å². The Morgan fingerprint density at radius 3 is 2.61 bits per heavy atom. The lowest BCUT2D eigenvalue weighted by Crippen LogP contribution is -2.31. The van der Waals surface area contributed by atoms with Gasteiger partial charge in [0.2, 0.25) is 0 Å². The van der Waals surface area contributed by atoms with Gasteiger partial charge < -0.3 is 4.90 Å². The highest BCUT2D eigenvalue weighted by Gasteiger charge is 2.25. The molecule has 0 spiro atoms. The topological polar surface area (TPSA) is 34.0 Å². The number of anilines is 1. The Morgan fingerprint density at radius 2 is 1.82 bits per heavy atom. The molecule has 1 aliphatic heterocycles. The first kappa shape index (κ1) is 17.5. The number of benzene rings is 2. The van der Waals surface area contributed by atoms with Crippen LogP contribution in [0.25, 0.3) is 22.3 Å². The number of halogens is 2. The molecular formula is C22H18Cl2N4. The maximum atomic E-state index is 6.48. The first-order chi connectivity index (χ1) is 13.6. The van der Waals surface area contributed by atoms with Gasteiger partial charge in [0.25, 0.3) is 0 Å². The number of nitrogens with zero attached hydrogens (tertiary/aromatic N) is 4. The molecule has 6 heteroatoms. The van der Waals surface area contributed by atoms with Crippen molar-refractivity contribution in [3.05, 3.63) is 75.9 Å². The Labute approximate surface area is 173 Å². The lowest BCUT2D eigenvalue weighted by molar-refractivity contribution is 0.593. The molecule has 0 amide bonds. The van der Waals surface area contributed by atoms with Crippen molar-refractivity contribution in [2.24, 2.45) is 0 Å². The van der Waals surface area contributed by atoms with Crippen molar-refractivity contribution in [3.8, 4) is 11.3 Å². The SMILES string of the molecule is Cc1cc2c3c(n1)c(-c1ccc(Cl)cc1Cl)nn3CCN2Cc1ccccc1. The summed E-state index contributed by atoms with van der Waals surface area (Å²) in [5, 5.41) is 6.06. The minimum absolute atomic E-state index is 0.587. The summed E-state index contributed by atoms with van der Waals surface area (Å²) in [4.78, 5) is 7.22. The predicted octanol–water partition coefficient (Wildman–Crippen LogP) is 5.73. The highest BCUT2D eigenvalue weighted by atomic mass is 35.5. The molecule has 0 bridgehead atoms. The summed E-state index contributed by atoms with van der Waals surface area (Å²) >= 11 is 12.6. The molecular weight excluding hydrogens is 391 g/mol. The molecule has 2 aromatic heterocycles. The van der Waals surface area contributed by atoms with E-state index in [4.69, 9.17) is 33.3 Å². The van der Waals surface area contributed by atoms with Crippen molar-refractivity contribution < 1.29 is 0 Å². The maximum absolute atomic E-state index is 6.48. The molecule has 0 N–H and O–H groups in total. The third-order valence-electron chi connectivity index (χ3n) is 5.13. The molecule has 0 fully saturated rings. The van der Waals surface area contributed by atoms with Gasteiger partial charge in [-0.25, -0.2) is 4.98 Å². The molecule has 3 heterocycles. The third-order valence-corrected chi connectivity index (χ3v) is 5.68. The molecule has 0 aliphatic carbocycles. The van der Waals surface area contributed by atoms with E-state index in [9.17, 15) is 0 Å². The van der Waals surface area contributed by atoms with Gasteiger partial charge in [-0.1, -0.05) is 53.5 Å². The van der Waals surface area contributed by atoms with E-state index in [1.165, 1.54) is 11.3 Å². The van der Waals surface area contributed by atoms with Gasteiger partial charge in [0.1, 0.15) is 16.7 Å². The molecule has 140 valence electrons. The van der Waals surface area contributed by atoms with Gasteiger partial charge in [-0.05, 0) is 36.8 Å². The summed E-state index contributed by atoms with van der Waals surface area (Å²) in [5.41, 5.74) is 7.04. The Hall–Kier alpha value is -2.56. The average molecular weight is 409 g/mol. The van der Waals surface area contributed by atoms with Gasteiger partial charge in [0, 0.05) is 29.4 Å². The number of hydrogen-bond donors (Lipinski definition) is 0.